The maximum absolute atomic E-state index is 13.6. The Morgan fingerprint density at radius 3 is 2.67 bits per heavy atom. The largest absolute Gasteiger partial charge is 0.398 e. The molecule has 0 amide bonds. The number of sulfonamides is 1. The Bertz CT molecular complexity index is 575. The summed E-state index contributed by atoms with van der Waals surface area (Å²) in [6.45, 7) is 1.98. The van der Waals surface area contributed by atoms with Gasteiger partial charge in [0.1, 0.15) is 5.82 Å². The molecule has 0 aromatic heterocycles. The Kier molecular flexibility index (Phi) is 5.18. The smallest absolute Gasteiger partial charge is 0.240 e. The van der Waals surface area contributed by atoms with Crippen molar-refractivity contribution in [2.24, 2.45) is 0 Å². The Labute approximate surface area is 124 Å². The molecule has 118 valence electrons. The molecule has 0 saturated heterocycles. The minimum Gasteiger partial charge on any atom is -0.398 e. The van der Waals surface area contributed by atoms with Crippen molar-refractivity contribution >= 4 is 15.7 Å². The quantitative estimate of drug-likeness (QED) is 0.621. The van der Waals surface area contributed by atoms with Gasteiger partial charge in [-0.15, -0.1) is 0 Å². The van der Waals surface area contributed by atoms with Crippen LogP contribution in [0.1, 0.15) is 31.2 Å². The molecule has 21 heavy (non-hydrogen) atoms. The van der Waals surface area contributed by atoms with E-state index in [2.05, 4.69) is 4.72 Å². The SMILES string of the molecule is Cc1c(N)cc(S(=O)(=O)NCCOC2CCCC2)cc1F. The molecule has 1 aliphatic rings. The van der Waals surface area contributed by atoms with Crippen LogP contribution in [0.25, 0.3) is 0 Å². The molecule has 1 fully saturated rings. The first kappa shape index (κ1) is 16.2. The molecular formula is C14H21FN2O3S. The summed E-state index contributed by atoms with van der Waals surface area (Å²) in [6, 6.07) is 2.24. The Balaban J connectivity index is 1.92. The summed E-state index contributed by atoms with van der Waals surface area (Å²) >= 11 is 0. The summed E-state index contributed by atoms with van der Waals surface area (Å²) in [6.07, 6.45) is 4.64. The van der Waals surface area contributed by atoms with Crippen LogP contribution >= 0.6 is 0 Å². The molecule has 1 saturated carbocycles. The van der Waals surface area contributed by atoms with E-state index in [0.717, 1.165) is 31.7 Å². The number of nitrogens with one attached hydrogen (secondary N) is 1. The number of ether oxygens (including phenoxy) is 1. The van der Waals surface area contributed by atoms with E-state index < -0.39 is 15.8 Å². The van der Waals surface area contributed by atoms with Gasteiger partial charge in [0.15, 0.2) is 0 Å². The third kappa shape index (κ3) is 4.15. The fraction of sp³-hybridized carbons (Fsp3) is 0.571. The lowest BCUT2D eigenvalue weighted by atomic mass is 10.2. The molecule has 3 N–H and O–H groups in total. The van der Waals surface area contributed by atoms with E-state index in [-0.39, 0.29) is 28.8 Å². The van der Waals surface area contributed by atoms with Gasteiger partial charge in [-0.1, -0.05) is 12.8 Å². The van der Waals surface area contributed by atoms with Crippen LogP contribution in [0.3, 0.4) is 0 Å². The predicted octanol–water partition coefficient (Wildman–Crippen LogP) is 1.95. The van der Waals surface area contributed by atoms with E-state index in [9.17, 15) is 12.8 Å². The van der Waals surface area contributed by atoms with E-state index in [1.54, 1.807) is 0 Å². The lowest BCUT2D eigenvalue weighted by Crippen LogP contribution is -2.28. The zero-order valence-electron chi connectivity index (χ0n) is 12.1. The van der Waals surface area contributed by atoms with E-state index in [1.807, 2.05) is 0 Å². The fourth-order valence-corrected chi connectivity index (χ4v) is 3.43. The number of benzene rings is 1. The second-order valence-corrected chi connectivity index (χ2v) is 7.06. The van der Waals surface area contributed by atoms with Crippen molar-refractivity contribution in [3.8, 4) is 0 Å². The van der Waals surface area contributed by atoms with Gasteiger partial charge in [0.2, 0.25) is 10.0 Å². The minimum absolute atomic E-state index is 0.123. The molecule has 1 aliphatic carbocycles. The van der Waals surface area contributed by atoms with Crippen molar-refractivity contribution in [3.63, 3.8) is 0 Å². The number of nitrogens with two attached hydrogens (primary N) is 1. The summed E-state index contributed by atoms with van der Waals surface area (Å²) < 4.78 is 45.6. The summed E-state index contributed by atoms with van der Waals surface area (Å²) in [4.78, 5) is -0.163. The van der Waals surface area contributed by atoms with Gasteiger partial charge < -0.3 is 10.5 Å². The minimum atomic E-state index is -3.77. The molecule has 0 aliphatic heterocycles. The predicted molar refractivity (Wildman–Crippen MR) is 78.9 cm³/mol. The molecule has 1 aromatic carbocycles. The number of halogens is 1. The molecule has 0 unspecified atom stereocenters. The van der Waals surface area contributed by atoms with Gasteiger partial charge in [0, 0.05) is 17.8 Å². The monoisotopic (exact) mass is 316 g/mol. The highest BCUT2D eigenvalue weighted by molar-refractivity contribution is 7.89. The van der Waals surface area contributed by atoms with Crippen LogP contribution < -0.4 is 10.5 Å². The van der Waals surface area contributed by atoms with Crippen LogP contribution in [0.4, 0.5) is 10.1 Å². The Hall–Kier alpha value is -1.18. The molecule has 7 heteroatoms. The average Bonchev–Trinajstić information content (AvgIpc) is 2.93. The van der Waals surface area contributed by atoms with Crippen LogP contribution in [0.2, 0.25) is 0 Å². The summed E-state index contributed by atoms with van der Waals surface area (Å²) in [5, 5.41) is 0. The van der Waals surface area contributed by atoms with E-state index in [0.29, 0.717) is 6.61 Å². The topological polar surface area (TPSA) is 81.4 Å². The molecule has 0 atom stereocenters. The first-order valence-electron chi connectivity index (χ1n) is 7.07. The van der Waals surface area contributed by atoms with Gasteiger partial charge in [-0.05, 0) is 31.9 Å². The molecule has 0 bridgehead atoms. The molecular weight excluding hydrogens is 295 g/mol. The zero-order chi connectivity index (χ0) is 15.5. The van der Waals surface area contributed by atoms with Gasteiger partial charge in [-0.25, -0.2) is 17.5 Å². The lowest BCUT2D eigenvalue weighted by molar-refractivity contribution is 0.0626. The fourth-order valence-electron chi connectivity index (χ4n) is 2.37. The lowest BCUT2D eigenvalue weighted by Gasteiger charge is -2.12. The van der Waals surface area contributed by atoms with E-state index >= 15 is 0 Å². The first-order chi connectivity index (χ1) is 9.90. The molecule has 5 nitrogen and oxygen atoms in total. The molecule has 0 radical (unpaired) electrons. The van der Waals surface area contributed by atoms with Crippen LogP contribution in [0.5, 0.6) is 0 Å². The summed E-state index contributed by atoms with van der Waals surface area (Å²) in [7, 11) is -3.77. The first-order valence-corrected chi connectivity index (χ1v) is 8.55. The van der Waals surface area contributed by atoms with Crippen molar-refractivity contribution in [1.29, 1.82) is 0 Å². The van der Waals surface area contributed by atoms with Gasteiger partial charge in [-0.3, -0.25) is 0 Å². The third-order valence-corrected chi connectivity index (χ3v) is 5.16. The number of anilines is 1. The van der Waals surface area contributed by atoms with Gasteiger partial charge in [0.25, 0.3) is 0 Å². The highest BCUT2D eigenvalue weighted by atomic mass is 32.2. The Morgan fingerprint density at radius 2 is 2.05 bits per heavy atom. The molecule has 2 rings (SSSR count). The molecule has 1 aromatic rings. The van der Waals surface area contributed by atoms with Crippen molar-refractivity contribution in [2.45, 2.75) is 43.6 Å². The van der Waals surface area contributed by atoms with Crippen molar-refractivity contribution in [1.82, 2.24) is 4.72 Å². The van der Waals surface area contributed by atoms with Gasteiger partial charge >= 0.3 is 0 Å². The zero-order valence-corrected chi connectivity index (χ0v) is 12.9. The van der Waals surface area contributed by atoms with Crippen LogP contribution in [0.15, 0.2) is 17.0 Å². The third-order valence-electron chi connectivity index (χ3n) is 3.72. The second kappa shape index (κ2) is 6.72. The van der Waals surface area contributed by atoms with Crippen LogP contribution in [-0.2, 0) is 14.8 Å². The maximum Gasteiger partial charge on any atom is 0.240 e. The van der Waals surface area contributed by atoms with Crippen molar-refractivity contribution < 1.29 is 17.5 Å². The van der Waals surface area contributed by atoms with Gasteiger partial charge in [0.05, 0.1) is 17.6 Å². The van der Waals surface area contributed by atoms with Crippen molar-refractivity contribution in [3.05, 3.63) is 23.5 Å². The maximum atomic E-state index is 13.6. The van der Waals surface area contributed by atoms with Crippen LogP contribution in [0, 0.1) is 12.7 Å². The summed E-state index contributed by atoms with van der Waals surface area (Å²) in [5.74, 6) is -0.627. The molecule has 0 heterocycles. The van der Waals surface area contributed by atoms with E-state index in [4.69, 9.17) is 10.5 Å². The normalized spacial score (nSPS) is 16.5. The van der Waals surface area contributed by atoms with E-state index in [1.165, 1.54) is 13.0 Å². The van der Waals surface area contributed by atoms with Crippen molar-refractivity contribution in [2.75, 3.05) is 18.9 Å². The average molecular weight is 316 g/mol. The Morgan fingerprint density at radius 1 is 1.38 bits per heavy atom. The highest BCUT2D eigenvalue weighted by Crippen LogP contribution is 2.21. The number of hydrogen-bond donors (Lipinski definition) is 2. The van der Waals surface area contributed by atoms with Gasteiger partial charge in [-0.2, -0.15) is 0 Å². The molecule has 0 spiro atoms. The number of rotatable bonds is 6. The highest BCUT2D eigenvalue weighted by Gasteiger charge is 2.18. The summed E-state index contributed by atoms with van der Waals surface area (Å²) in [5.41, 5.74) is 5.97. The standard InChI is InChI=1S/C14H21FN2O3S/c1-10-13(15)8-12(9-14(10)16)21(18,19)17-6-7-20-11-4-2-3-5-11/h8-9,11,17H,2-7,16H2,1H3. The second-order valence-electron chi connectivity index (χ2n) is 5.29. The number of nitrogen functional groups attached to an aromatic ring is 1. The number of hydrogen-bond acceptors (Lipinski definition) is 4. The van der Waals surface area contributed by atoms with Crippen LogP contribution in [-0.4, -0.2) is 27.7 Å².